The molecule has 2 saturated heterocycles. The molecule has 6 nitrogen and oxygen atoms in total. The number of nitrogens with one attached hydrogen (secondary N) is 2. The van der Waals surface area contributed by atoms with E-state index in [0.29, 0.717) is 29.3 Å². The van der Waals surface area contributed by atoms with E-state index < -0.39 is 0 Å². The van der Waals surface area contributed by atoms with Crippen molar-refractivity contribution >= 4 is 11.7 Å². The number of aromatic nitrogens is 1. The standard InChI is InChI=1S/C21H27N5O/c1-14-4-6-15(7-5-14)18-12-24-25-20(18)17-3-2-10-26(13-17)21(27)16-8-9-19(22)23-11-16/h4-9,11,17-18,20,24-25H,2-3,10,12-13H2,1H3,(H2,22,23). The molecule has 3 heterocycles. The monoisotopic (exact) mass is 365 g/mol. The van der Waals surface area contributed by atoms with Gasteiger partial charge in [0.2, 0.25) is 0 Å². The van der Waals surface area contributed by atoms with Crippen LogP contribution < -0.4 is 16.6 Å². The van der Waals surface area contributed by atoms with Crippen molar-refractivity contribution in [3.05, 3.63) is 59.3 Å². The van der Waals surface area contributed by atoms with Gasteiger partial charge in [-0.3, -0.25) is 15.6 Å². The molecular formula is C21H27N5O. The molecule has 1 aromatic carbocycles. The molecule has 0 bridgehead atoms. The molecule has 3 atom stereocenters. The largest absolute Gasteiger partial charge is 0.384 e. The number of nitrogens with zero attached hydrogens (tertiary/aromatic N) is 2. The van der Waals surface area contributed by atoms with Gasteiger partial charge >= 0.3 is 0 Å². The van der Waals surface area contributed by atoms with E-state index in [4.69, 9.17) is 5.73 Å². The second kappa shape index (κ2) is 7.66. The number of hydrogen-bond donors (Lipinski definition) is 3. The van der Waals surface area contributed by atoms with Crippen molar-refractivity contribution in [3.8, 4) is 0 Å². The van der Waals surface area contributed by atoms with Gasteiger partial charge in [0.05, 0.1) is 5.56 Å². The summed E-state index contributed by atoms with van der Waals surface area (Å²) in [6.45, 7) is 4.60. The quantitative estimate of drug-likeness (QED) is 0.776. The van der Waals surface area contributed by atoms with E-state index in [1.54, 1.807) is 18.3 Å². The first kappa shape index (κ1) is 17.9. The number of likely N-dealkylation sites (tertiary alicyclic amines) is 1. The zero-order valence-electron chi connectivity index (χ0n) is 15.7. The molecule has 0 saturated carbocycles. The Bertz CT molecular complexity index is 789. The normalized spacial score (nSPS) is 25.5. The Labute approximate surface area is 160 Å². The summed E-state index contributed by atoms with van der Waals surface area (Å²) in [6.07, 6.45) is 3.73. The van der Waals surface area contributed by atoms with Crippen LogP contribution in [0, 0.1) is 12.8 Å². The molecule has 1 amide bonds. The number of benzene rings is 1. The van der Waals surface area contributed by atoms with Crippen LogP contribution in [0.25, 0.3) is 0 Å². The second-order valence-corrected chi connectivity index (χ2v) is 7.69. The van der Waals surface area contributed by atoms with E-state index in [1.165, 1.54) is 11.1 Å². The number of carbonyl (C=O) groups excluding carboxylic acids is 1. The summed E-state index contributed by atoms with van der Waals surface area (Å²) < 4.78 is 0. The van der Waals surface area contributed by atoms with Crippen molar-refractivity contribution in [3.63, 3.8) is 0 Å². The van der Waals surface area contributed by atoms with Crippen LogP contribution in [0.3, 0.4) is 0 Å². The number of hydrazine groups is 1. The van der Waals surface area contributed by atoms with Crippen molar-refractivity contribution < 1.29 is 4.79 Å². The number of hydrogen-bond acceptors (Lipinski definition) is 5. The van der Waals surface area contributed by atoms with Crippen LogP contribution in [0.15, 0.2) is 42.6 Å². The number of anilines is 1. The van der Waals surface area contributed by atoms with Crippen LogP contribution in [0.5, 0.6) is 0 Å². The lowest BCUT2D eigenvalue weighted by Crippen LogP contribution is -2.48. The number of carbonyl (C=O) groups is 1. The molecule has 0 aliphatic carbocycles. The molecule has 3 unspecified atom stereocenters. The molecule has 2 fully saturated rings. The van der Waals surface area contributed by atoms with Crippen molar-refractivity contribution in [2.45, 2.75) is 31.7 Å². The fraction of sp³-hybridized carbons (Fsp3) is 0.429. The molecule has 27 heavy (non-hydrogen) atoms. The summed E-state index contributed by atoms with van der Waals surface area (Å²) in [4.78, 5) is 18.9. The zero-order chi connectivity index (χ0) is 18.8. The average molecular weight is 365 g/mol. The summed E-state index contributed by atoms with van der Waals surface area (Å²) in [5.41, 5.74) is 15.7. The number of aryl methyl sites for hydroxylation is 1. The highest BCUT2D eigenvalue weighted by molar-refractivity contribution is 5.94. The smallest absolute Gasteiger partial charge is 0.255 e. The highest BCUT2D eigenvalue weighted by Gasteiger charge is 2.37. The first-order chi connectivity index (χ1) is 13.1. The van der Waals surface area contributed by atoms with Crippen LogP contribution in [0.2, 0.25) is 0 Å². The molecule has 0 spiro atoms. The van der Waals surface area contributed by atoms with Gasteiger partial charge in [-0.1, -0.05) is 29.8 Å². The molecule has 6 heteroatoms. The minimum absolute atomic E-state index is 0.0463. The topological polar surface area (TPSA) is 83.3 Å². The Kier molecular flexibility index (Phi) is 5.09. The Balaban J connectivity index is 1.48. The van der Waals surface area contributed by atoms with Crippen LogP contribution >= 0.6 is 0 Å². The van der Waals surface area contributed by atoms with Crippen LogP contribution in [0.4, 0.5) is 5.82 Å². The van der Waals surface area contributed by atoms with E-state index >= 15 is 0 Å². The maximum absolute atomic E-state index is 12.9. The van der Waals surface area contributed by atoms with Gasteiger partial charge in [0.25, 0.3) is 5.91 Å². The number of nitrogen functional groups attached to an aromatic ring is 1. The fourth-order valence-corrected chi connectivity index (χ4v) is 4.30. The summed E-state index contributed by atoms with van der Waals surface area (Å²) in [7, 11) is 0. The highest BCUT2D eigenvalue weighted by Crippen LogP contribution is 2.32. The number of nitrogens with two attached hydrogens (primary N) is 1. The van der Waals surface area contributed by atoms with Gasteiger partial charge in [0, 0.05) is 37.8 Å². The van der Waals surface area contributed by atoms with Gasteiger partial charge in [0.1, 0.15) is 5.82 Å². The lowest BCUT2D eigenvalue weighted by Gasteiger charge is -2.37. The number of rotatable bonds is 3. The van der Waals surface area contributed by atoms with Gasteiger partial charge in [-0.2, -0.15) is 0 Å². The molecule has 4 N–H and O–H groups in total. The molecule has 0 radical (unpaired) electrons. The van der Waals surface area contributed by atoms with E-state index in [-0.39, 0.29) is 5.91 Å². The van der Waals surface area contributed by atoms with Crippen molar-refractivity contribution in [1.29, 1.82) is 0 Å². The molecule has 4 rings (SSSR count). The van der Waals surface area contributed by atoms with Gasteiger partial charge < -0.3 is 10.6 Å². The minimum atomic E-state index is 0.0463. The lowest BCUT2D eigenvalue weighted by molar-refractivity contribution is 0.0644. The molecule has 142 valence electrons. The van der Waals surface area contributed by atoms with Crippen LogP contribution in [-0.4, -0.2) is 41.5 Å². The molecule has 1 aromatic heterocycles. The average Bonchev–Trinajstić information content (AvgIpc) is 3.18. The zero-order valence-corrected chi connectivity index (χ0v) is 15.7. The van der Waals surface area contributed by atoms with E-state index in [9.17, 15) is 4.79 Å². The summed E-state index contributed by atoms with van der Waals surface area (Å²) in [5, 5.41) is 0. The van der Waals surface area contributed by atoms with Crippen molar-refractivity contribution in [2.24, 2.45) is 5.92 Å². The van der Waals surface area contributed by atoms with Crippen LogP contribution in [-0.2, 0) is 0 Å². The first-order valence-corrected chi connectivity index (χ1v) is 9.67. The molecule has 2 aliphatic rings. The fourth-order valence-electron chi connectivity index (χ4n) is 4.30. The number of amides is 1. The summed E-state index contributed by atoms with van der Waals surface area (Å²) in [6, 6.07) is 12.6. The van der Waals surface area contributed by atoms with Crippen molar-refractivity contribution in [1.82, 2.24) is 20.7 Å². The van der Waals surface area contributed by atoms with Crippen LogP contribution in [0.1, 0.15) is 40.2 Å². The predicted octanol–water partition coefficient (Wildman–Crippen LogP) is 2.08. The third kappa shape index (κ3) is 3.82. The second-order valence-electron chi connectivity index (χ2n) is 7.69. The van der Waals surface area contributed by atoms with Gasteiger partial charge in [-0.25, -0.2) is 4.98 Å². The molecule has 2 aromatic rings. The Morgan fingerprint density at radius 1 is 1.22 bits per heavy atom. The predicted molar refractivity (Wildman–Crippen MR) is 106 cm³/mol. The Morgan fingerprint density at radius 2 is 2.04 bits per heavy atom. The maximum atomic E-state index is 12.9. The summed E-state index contributed by atoms with van der Waals surface area (Å²) >= 11 is 0. The van der Waals surface area contributed by atoms with E-state index in [2.05, 4.69) is 47.0 Å². The lowest BCUT2D eigenvalue weighted by atomic mass is 9.81. The van der Waals surface area contributed by atoms with Gasteiger partial charge in [0.15, 0.2) is 0 Å². The highest BCUT2D eigenvalue weighted by atomic mass is 16.2. The van der Waals surface area contributed by atoms with Gasteiger partial charge in [-0.05, 0) is 43.4 Å². The Hall–Kier alpha value is -2.44. The van der Waals surface area contributed by atoms with E-state index in [0.717, 1.165) is 32.5 Å². The van der Waals surface area contributed by atoms with Crippen molar-refractivity contribution in [2.75, 3.05) is 25.4 Å². The first-order valence-electron chi connectivity index (χ1n) is 9.67. The third-order valence-corrected chi connectivity index (χ3v) is 5.82. The SMILES string of the molecule is Cc1ccc(C2CNNC2C2CCCN(C(=O)c3ccc(N)nc3)C2)cc1. The minimum Gasteiger partial charge on any atom is -0.384 e. The maximum Gasteiger partial charge on any atom is 0.255 e. The molecular weight excluding hydrogens is 338 g/mol. The third-order valence-electron chi connectivity index (χ3n) is 5.82. The molecule has 2 aliphatic heterocycles. The number of pyridine rings is 1. The number of piperidine rings is 1. The van der Waals surface area contributed by atoms with E-state index in [1.807, 2.05) is 4.90 Å². The Morgan fingerprint density at radius 3 is 2.78 bits per heavy atom. The summed E-state index contributed by atoms with van der Waals surface area (Å²) in [5.74, 6) is 1.32. The van der Waals surface area contributed by atoms with Gasteiger partial charge in [-0.15, -0.1) is 0 Å².